The van der Waals surface area contributed by atoms with Gasteiger partial charge in [-0.1, -0.05) is 17.7 Å². The lowest BCUT2D eigenvalue weighted by Crippen LogP contribution is -2.22. The number of ether oxygens (including phenoxy) is 2. The number of thioether (sulfide) groups is 1. The number of amides is 1. The first-order valence-corrected chi connectivity index (χ1v) is 9.34. The highest BCUT2D eigenvalue weighted by Gasteiger charge is 2.06. The first-order valence-electron chi connectivity index (χ1n) is 7.98. The van der Waals surface area contributed by atoms with Crippen LogP contribution in [0.1, 0.15) is 18.4 Å². The topological polar surface area (TPSA) is 47.6 Å². The second-order valence-corrected chi connectivity index (χ2v) is 6.98. The van der Waals surface area contributed by atoms with Crippen LogP contribution in [0.2, 0.25) is 5.02 Å². The molecule has 6 heteroatoms. The summed E-state index contributed by atoms with van der Waals surface area (Å²) in [6.07, 6.45) is 1.33. The Kier molecular flexibility index (Phi) is 7.95. The van der Waals surface area contributed by atoms with E-state index in [9.17, 15) is 4.79 Å². The van der Waals surface area contributed by atoms with Gasteiger partial charge < -0.3 is 14.8 Å². The van der Waals surface area contributed by atoms with Crippen molar-refractivity contribution in [2.45, 2.75) is 24.3 Å². The Morgan fingerprint density at radius 3 is 2.48 bits per heavy atom. The molecule has 0 aliphatic rings. The van der Waals surface area contributed by atoms with Gasteiger partial charge in [0.25, 0.3) is 0 Å². The number of carbonyl (C=O) groups excluding carboxylic acids is 1. The molecule has 4 nitrogen and oxygen atoms in total. The average molecular weight is 380 g/mol. The average Bonchev–Trinajstić information content (AvgIpc) is 2.64. The fourth-order valence-corrected chi connectivity index (χ4v) is 3.21. The van der Waals surface area contributed by atoms with E-state index >= 15 is 0 Å². The van der Waals surface area contributed by atoms with Crippen molar-refractivity contribution in [3.63, 3.8) is 0 Å². The molecule has 0 aliphatic heterocycles. The number of carbonyl (C=O) groups is 1. The van der Waals surface area contributed by atoms with Gasteiger partial charge in [-0.25, -0.2) is 0 Å². The van der Waals surface area contributed by atoms with Gasteiger partial charge in [-0.15, -0.1) is 11.8 Å². The van der Waals surface area contributed by atoms with E-state index in [2.05, 4.69) is 5.32 Å². The van der Waals surface area contributed by atoms with E-state index in [-0.39, 0.29) is 5.91 Å². The minimum absolute atomic E-state index is 0.0477. The fraction of sp³-hybridized carbons (Fsp3) is 0.316. The number of hydrogen-bond donors (Lipinski definition) is 1. The maximum atomic E-state index is 12.0. The Bertz CT molecular complexity index is 692. The first kappa shape index (κ1) is 19.5. The molecular weight excluding hydrogens is 358 g/mol. The van der Waals surface area contributed by atoms with Crippen LogP contribution in [0.4, 0.5) is 0 Å². The van der Waals surface area contributed by atoms with E-state index in [1.54, 1.807) is 26.0 Å². The number of benzene rings is 2. The van der Waals surface area contributed by atoms with Crippen LogP contribution in [-0.4, -0.2) is 25.9 Å². The highest BCUT2D eigenvalue weighted by atomic mass is 35.5. The molecule has 0 unspecified atom stereocenters. The van der Waals surface area contributed by atoms with Crippen LogP contribution in [0.15, 0.2) is 47.4 Å². The summed E-state index contributed by atoms with van der Waals surface area (Å²) in [6.45, 7) is 0.476. The van der Waals surface area contributed by atoms with E-state index in [1.165, 1.54) is 0 Å². The number of hydrogen-bond acceptors (Lipinski definition) is 4. The van der Waals surface area contributed by atoms with Gasteiger partial charge in [0.1, 0.15) is 0 Å². The van der Waals surface area contributed by atoms with E-state index in [1.807, 2.05) is 42.5 Å². The van der Waals surface area contributed by atoms with Crippen molar-refractivity contribution in [3.05, 3.63) is 53.1 Å². The van der Waals surface area contributed by atoms with Gasteiger partial charge in [-0.2, -0.15) is 0 Å². The van der Waals surface area contributed by atoms with Crippen molar-refractivity contribution < 1.29 is 14.3 Å². The first-order chi connectivity index (χ1) is 12.1. The molecule has 0 atom stereocenters. The van der Waals surface area contributed by atoms with E-state index in [4.69, 9.17) is 21.1 Å². The molecule has 0 saturated carbocycles. The van der Waals surface area contributed by atoms with Crippen LogP contribution in [0.3, 0.4) is 0 Å². The molecule has 134 valence electrons. The second-order valence-electron chi connectivity index (χ2n) is 5.37. The second kappa shape index (κ2) is 10.2. The van der Waals surface area contributed by atoms with Crippen molar-refractivity contribution in [2.75, 3.05) is 20.0 Å². The van der Waals surface area contributed by atoms with Crippen LogP contribution >= 0.6 is 23.4 Å². The number of methoxy groups -OCH3 is 2. The predicted molar refractivity (Wildman–Crippen MR) is 103 cm³/mol. The zero-order valence-corrected chi connectivity index (χ0v) is 16.0. The van der Waals surface area contributed by atoms with Crippen LogP contribution in [-0.2, 0) is 11.3 Å². The lowest BCUT2D eigenvalue weighted by molar-refractivity contribution is -0.121. The highest BCUT2D eigenvalue weighted by molar-refractivity contribution is 7.99. The number of nitrogens with one attached hydrogen (secondary N) is 1. The van der Waals surface area contributed by atoms with Crippen LogP contribution in [0.25, 0.3) is 0 Å². The largest absolute Gasteiger partial charge is 0.493 e. The lowest BCUT2D eigenvalue weighted by atomic mass is 10.2. The third-order valence-corrected chi connectivity index (χ3v) is 4.92. The maximum absolute atomic E-state index is 12.0. The minimum Gasteiger partial charge on any atom is -0.493 e. The fourth-order valence-electron chi connectivity index (χ4n) is 2.23. The third-order valence-electron chi connectivity index (χ3n) is 3.57. The smallest absolute Gasteiger partial charge is 0.220 e. The van der Waals surface area contributed by atoms with Crippen molar-refractivity contribution >= 4 is 29.3 Å². The molecule has 0 spiro atoms. The molecule has 0 aliphatic carbocycles. The Balaban J connectivity index is 1.69. The van der Waals surface area contributed by atoms with Gasteiger partial charge in [-0.05, 0) is 54.1 Å². The van der Waals surface area contributed by atoms with Gasteiger partial charge in [0, 0.05) is 22.9 Å². The molecule has 0 bridgehead atoms. The maximum Gasteiger partial charge on any atom is 0.220 e. The molecule has 1 N–H and O–H groups in total. The molecular formula is C19H22ClNO3S. The van der Waals surface area contributed by atoms with Crippen molar-refractivity contribution in [1.29, 1.82) is 0 Å². The van der Waals surface area contributed by atoms with Crippen LogP contribution < -0.4 is 14.8 Å². The zero-order valence-electron chi connectivity index (χ0n) is 14.4. The summed E-state index contributed by atoms with van der Waals surface area (Å²) in [5.41, 5.74) is 0.974. The summed E-state index contributed by atoms with van der Waals surface area (Å²) >= 11 is 7.58. The summed E-state index contributed by atoms with van der Waals surface area (Å²) in [5.74, 6) is 2.28. The molecule has 0 radical (unpaired) electrons. The zero-order chi connectivity index (χ0) is 18.1. The van der Waals surface area contributed by atoms with Crippen molar-refractivity contribution in [3.8, 4) is 11.5 Å². The summed E-state index contributed by atoms with van der Waals surface area (Å²) < 4.78 is 10.5. The van der Waals surface area contributed by atoms with E-state index < -0.39 is 0 Å². The molecule has 2 aromatic rings. The molecule has 0 saturated heterocycles. The van der Waals surface area contributed by atoms with Gasteiger partial charge in [-0.3, -0.25) is 4.79 Å². The Morgan fingerprint density at radius 1 is 1.08 bits per heavy atom. The quantitative estimate of drug-likeness (QED) is 0.513. The molecule has 2 aromatic carbocycles. The SMILES string of the molecule is COc1ccc(CNC(=O)CCCSc2ccc(Cl)cc2)cc1OC. The lowest BCUT2D eigenvalue weighted by Gasteiger charge is -2.10. The van der Waals surface area contributed by atoms with Crippen LogP contribution in [0, 0.1) is 0 Å². The Labute approximate surface area is 157 Å². The van der Waals surface area contributed by atoms with Gasteiger partial charge in [0.15, 0.2) is 11.5 Å². The number of halogens is 1. The summed E-state index contributed by atoms with van der Waals surface area (Å²) in [6, 6.07) is 13.4. The summed E-state index contributed by atoms with van der Waals surface area (Å²) in [5, 5.41) is 3.67. The minimum atomic E-state index is 0.0477. The monoisotopic (exact) mass is 379 g/mol. The predicted octanol–water partition coefficient (Wildman–Crippen LogP) is 4.55. The third kappa shape index (κ3) is 6.52. The van der Waals surface area contributed by atoms with Gasteiger partial charge in [0.2, 0.25) is 5.91 Å². The van der Waals surface area contributed by atoms with E-state index in [0.717, 1.165) is 27.7 Å². The van der Waals surface area contributed by atoms with Gasteiger partial charge >= 0.3 is 0 Å². The van der Waals surface area contributed by atoms with Crippen molar-refractivity contribution in [1.82, 2.24) is 5.32 Å². The Morgan fingerprint density at radius 2 is 1.80 bits per heavy atom. The summed E-state index contributed by atoms with van der Waals surface area (Å²) in [7, 11) is 3.19. The standard InChI is InChI=1S/C19H22ClNO3S/c1-23-17-10-5-14(12-18(17)24-2)13-21-19(22)4-3-11-25-16-8-6-15(20)7-9-16/h5-10,12H,3-4,11,13H2,1-2H3,(H,21,22). The molecule has 25 heavy (non-hydrogen) atoms. The van der Waals surface area contributed by atoms with Gasteiger partial charge in [0.05, 0.1) is 14.2 Å². The highest BCUT2D eigenvalue weighted by Crippen LogP contribution is 2.27. The molecule has 1 amide bonds. The Hall–Kier alpha value is -1.85. The molecule has 0 fully saturated rings. The summed E-state index contributed by atoms with van der Waals surface area (Å²) in [4.78, 5) is 13.1. The van der Waals surface area contributed by atoms with Crippen LogP contribution in [0.5, 0.6) is 11.5 Å². The molecule has 0 heterocycles. The molecule has 2 rings (SSSR count). The van der Waals surface area contributed by atoms with Crippen molar-refractivity contribution in [2.24, 2.45) is 0 Å². The number of rotatable bonds is 9. The van der Waals surface area contributed by atoms with E-state index in [0.29, 0.717) is 24.5 Å². The molecule has 0 aromatic heterocycles. The normalized spacial score (nSPS) is 10.4.